The lowest BCUT2D eigenvalue weighted by Gasteiger charge is -2.07. The lowest BCUT2D eigenvalue weighted by molar-refractivity contribution is -0.110. The third-order valence-electron chi connectivity index (χ3n) is 5.30. The molecular formula is C26H18ClN7O3S. The van der Waals surface area contributed by atoms with Gasteiger partial charge in [0.1, 0.15) is 48.1 Å². The molecule has 188 valence electrons. The molecule has 10 nitrogen and oxygen atoms in total. The summed E-state index contributed by atoms with van der Waals surface area (Å²) in [5, 5.41) is 22.7. The van der Waals surface area contributed by atoms with E-state index in [2.05, 4.69) is 58.9 Å². The largest absolute Gasteiger partial charge is 0.384 e. The Labute approximate surface area is 225 Å². The third kappa shape index (κ3) is 5.62. The fraction of sp³-hybridized carbons (Fsp3) is 0.115. The molecule has 5 N–H and O–H groups in total. The third-order valence-corrected chi connectivity index (χ3v) is 6.57. The number of hydrogen-bond acceptors (Lipinski definition) is 9. The van der Waals surface area contributed by atoms with Gasteiger partial charge in [0.2, 0.25) is 0 Å². The van der Waals surface area contributed by atoms with E-state index in [1.807, 2.05) is 24.3 Å². The molecule has 1 aromatic carbocycles. The van der Waals surface area contributed by atoms with E-state index < -0.39 is 0 Å². The summed E-state index contributed by atoms with van der Waals surface area (Å²) >= 11 is 7.11. The van der Waals surface area contributed by atoms with Gasteiger partial charge in [0.05, 0.1) is 22.2 Å². The number of benzene rings is 1. The van der Waals surface area contributed by atoms with E-state index >= 15 is 0 Å². The number of nitrogens with one attached hydrogen (secondary N) is 3. The maximum Gasteiger partial charge on any atom is 0.198 e. The number of halogens is 1. The molecule has 0 bridgehead atoms. The molecule has 0 spiro atoms. The number of thioether (sulfide) groups is 1. The van der Waals surface area contributed by atoms with Crippen molar-refractivity contribution in [1.29, 1.82) is 0 Å². The number of aromatic amines is 2. The molecule has 1 aliphatic rings. The van der Waals surface area contributed by atoms with Gasteiger partial charge in [-0.2, -0.15) is 0 Å². The van der Waals surface area contributed by atoms with Gasteiger partial charge in [0, 0.05) is 17.0 Å². The lowest BCUT2D eigenvalue weighted by atomic mass is 10.1. The number of hydrogen-bond donors (Lipinski definition) is 5. The molecule has 0 aliphatic carbocycles. The number of H-pyrrole nitrogens is 2. The van der Waals surface area contributed by atoms with Gasteiger partial charge in [-0.15, -0.1) is 0 Å². The molecule has 6 rings (SSSR count). The molecule has 5 aromatic rings. The highest BCUT2D eigenvalue weighted by Crippen LogP contribution is 2.35. The fourth-order valence-electron chi connectivity index (χ4n) is 3.68. The van der Waals surface area contributed by atoms with Crippen LogP contribution in [-0.4, -0.2) is 58.4 Å². The molecule has 0 unspecified atom stereocenters. The van der Waals surface area contributed by atoms with E-state index in [-0.39, 0.29) is 18.3 Å². The van der Waals surface area contributed by atoms with Gasteiger partial charge < -0.3 is 25.5 Å². The van der Waals surface area contributed by atoms with Gasteiger partial charge in [-0.05, 0) is 41.7 Å². The molecule has 1 aliphatic heterocycles. The summed E-state index contributed by atoms with van der Waals surface area (Å²) in [6, 6.07) is 9.44. The highest BCUT2D eigenvalue weighted by atomic mass is 35.5. The topological polar surface area (TPSA) is 153 Å². The van der Waals surface area contributed by atoms with Crippen LogP contribution in [-0.2, 0) is 11.2 Å². The fourth-order valence-corrected chi connectivity index (χ4v) is 4.80. The van der Waals surface area contributed by atoms with E-state index in [1.165, 1.54) is 24.4 Å². The van der Waals surface area contributed by atoms with Crippen LogP contribution in [0.4, 0.5) is 11.5 Å². The molecule has 0 atom stereocenters. The molecule has 0 radical (unpaired) electrons. The quantitative estimate of drug-likeness (QED) is 0.167. The van der Waals surface area contributed by atoms with E-state index in [1.54, 1.807) is 6.07 Å². The van der Waals surface area contributed by atoms with E-state index in [0.29, 0.717) is 40.1 Å². The van der Waals surface area contributed by atoms with Crippen LogP contribution >= 0.6 is 23.4 Å². The highest BCUT2D eigenvalue weighted by molar-refractivity contribution is 8.14. The number of nitrogens with zero attached hydrogens (tertiary/aromatic N) is 4. The van der Waals surface area contributed by atoms with Crippen LogP contribution in [0.25, 0.3) is 22.1 Å². The number of rotatable bonds is 2. The normalized spacial score (nSPS) is 11.7. The molecule has 0 amide bonds. The number of fused-ring (bicyclic) bond motifs is 3. The van der Waals surface area contributed by atoms with Crippen LogP contribution in [0.5, 0.6) is 0 Å². The van der Waals surface area contributed by atoms with Crippen LogP contribution in [0, 0.1) is 23.7 Å². The van der Waals surface area contributed by atoms with Gasteiger partial charge in [0.25, 0.3) is 0 Å². The second-order valence-electron chi connectivity index (χ2n) is 7.80. The zero-order valence-electron chi connectivity index (χ0n) is 19.5. The zero-order chi connectivity index (χ0) is 26.5. The summed E-state index contributed by atoms with van der Waals surface area (Å²) < 4.78 is 0. The average molecular weight is 544 g/mol. The second-order valence-corrected chi connectivity index (χ2v) is 9.25. The second kappa shape index (κ2) is 11.3. The first-order chi connectivity index (χ1) is 18.5. The number of anilines is 2. The number of aliphatic hydroxyl groups is 2. The Balaban J connectivity index is 0.000000179. The Hall–Kier alpha value is -4.39. The molecule has 38 heavy (non-hydrogen) atoms. The monoisotopic (exact) mass is 543 g/mol. The van der Waals surface area contributed by atoms with Crippen LogP contribution in [0.3, 0.4) is 0 Å². The summed E-state index contributed by atoms with van der Waals surface area (Å²) in [7, 11) is 0. The number of aliphatic hydroxyl groups excluding tert-OH is 2. The SMILES string of the molecule is O=C1Cc2ccc(Nc3ncnc4[nH]c(C#CCO)cc34)cc2S1.OCC#Cc1cc2c(Cl)ncnc2[nH]1. The summed E-state index contributed by atoms with van der Waals surface area (Å²) in [6.07, 6.45) is 3.34. The predicted molar refractivity (Wildman–Crippen MR) is 145 cm³/mol. The molecule has 12 heteroatoms. The van der Waals surface area contributed by atoms with Crippen molar-refractivity contribution in [2.24, 2.45) is 0 Å². The Morgan fingerprint density at radius 1 is 0.921 bits per heavy atom. The van der Waals surface area contributed by atoms with Crippen LogP contribution < -0.4 is 5.32 Å². The number of carbonyl (C=O) groups is 1. The zero-order valence-corrected chi connectivity index (χ0v) is 21.1. The van der Waals surface area contributed by atoms with Crippen LogP contribution in [0.15, 0.2) is 47.9 Å². The molecule has 4 aromatic heterocycles. The highest BCUT2D eigenvalue weighted by Gasteiger charge is 2.19. The minimum Gasteiger partial charge on any atom is -0.384 e. The number of carbonyl (C=O) groups excluding carboxylic acids is 1. The smallest absolute Gasteiger partial charge is 0.198 e. The van der Waals surface area contributed by atoms with Crippen molar-refractivity contribution in [3.63, 3.8) is 0 Å². The summed E-state index contributed by atoms with van der Waals surface area (Å²) in [6.45, 7) is -0.369. The minimum atomic E-state index is -0.197. The summed E-state index contributed by atoms with van der Waals surface area (Å²) in [4.78, 5) is 34.8. The van der Waals surface area contributed by atoms with Crippen LogP contribution in [0.2, 0.25) is 5.15 Å². The minimum absolute atomic E-state index is 0.171. The van der Waals surface area contributed by atoms with Gasteiger partial charge in [-0.3, -0.25) is 4.79 Å². The first-order valence-corrected chi connectivity index (χ1v) is 12.4. The van der Waals surface area contributed by atoms with E-state index in [9.17, 15) is 4.79 Å². The van der Waals surface area contributed by atoms with Crippen molar-refractivity contribution in [2.75, 3.05) is 18.5 Å². The molecule has 0 saturated heterocycles. The van der Waals surface area contributed by atoms with Gasteiger partial charge in [0.15, 0.2) is 5.12 Å². The molecule has 5 heterocycles. The lowest BCUT2D eigenvalue weighted by Crippen LogP contribution is -1.95. The van der Waals surface area contributed by atoms with E-state index in [4.69, 9.17) is 21.8 Å². The summed E-state index contributed by atoms with van der Waals surface area (Å²) in [5.41, 5.74) is 4.56. The number of aromatic nitrogens is 6. The maximum atomic E-state index is 11.5. The van der Waals surface area contributed by atoms with Crippen molar-refractivity contribution in [1.82, 2.24) is 29.9 Å². The van der Waals surface area contributed by atoms with Crippen molar-refractivity contribution < 1.29 is 15.0 Å². The first-order valence-electron chi connectivity index (χ1n) is 11.2. The first kappa shape index (κ1) is 25.3. The molecule has 0 fully saturated rings. The van der Waals surface area contributed by atoms with Crippen molar-refractivity contribution in [3.8, 4) is 23.7 Å². The standard InChI is InChI=1S/C17H12N4O2S.C9H6ClN3O/c22-5-1-2-11-7-13-16(20-11)18-9-19-17(13)21-12-4-3-10-6-15(23)24-14(10)8-12;10-8-7-4-6(2-1-3-14)13-9(7)12-5-11-8/h3-4,7-9,22H,5-6H2,(H2,18,19,20,21);4-5,14H,3H2,(H,11,12,13). The van der Waals surface area contributed by atoms with Gasteiger partial charge >= 0.3 is 0 Å². The Morgan fingerprint density at radius 2 is 1.58 bits per heavy atom. The predicted octanol–water partition coefficient (Wildman–Crippen LogP) is 3.18. The van der Waals surface area contributed by atoms with Gasteiger partial charge in [-0.1, -0.05) is 41.3 Å². The Morgan fingerprint density at radius 3 is 2.26 bits per heavy atom. The average Bonchev–Trinajstić information content (AvgIpc) is 3.62. The maximum absolute atomic E-state index is 11.5. The van der Waals surface area contributed by atoms with E-state index in [0.717, 1.165) is 26.9 Å². The van der Waals surface area contributed by atoms with Crippen LogP contribution in [0.1, 0.15) is 17.0 Å². The van der Waals surface area contributed by atoms with Gasteiger partial charge in [-0.25, -0.2) is 19.9 Å². The summed E-state index contributed by atoms with van der Waals surface area (Å²) in [5.74, 6) is 11.3. The van der Waals surface area contributed by atoms with Crippen molar-refractivity contribution in [2.45, 2.75) is 11.3 Å². The molecular weight excluding hydrogens is 526 g/mol. The van der Waals surface area contributed by atoms with Crippen molar-refractivity contribution >= 4 is 62.1 Å². The van der Waals surface area contributed by atoms with Crippen molar-refractivity contribution in [3.05, 3.63) is 65.1 Å². The Kier molecular flexibility index (Phi) is 7.54. The Bertz CT molecular complexity index is 1790. The molecule has 0 saturated carbocycles.